The molecule has 1 amide bonds. The molecule has 0 bridgehead atoms. The first kappa shape index (κ1) is 41.3. The molecule has 0 aliphatic heterocycles. The van der Waals surface area contributed by atoms with Crippen LogP contribution in [0.5, 0.6) is 0 Å². The minimum atomic E-state index is -2.26. The summed E-state index contributed by atoms with van der Waals surface area (Å²) in [6.07, 6.45) is 1.93. The first-order chi connectivity index (χ1) is 19.1. The zero-order valence-corrected chi connectivity index (χ0v) is 32.8. The molecule has 0 aromatic rings. The largest absolute Gasteiger partial charge is 0.418 e. The fourth-order valence-corrected chi connectivity index (χ4v) is 18.9. The molecule has 250 valence electrons. The summed E-state index contributed by atoms with van der Waals surface area (Å²) in [6.45, 7) is 40.1. The smallest absolute Gasteiger partial charge is 0.415 e. The number of hydrogen-bond donors (Lipinski definition) is 1. The number of aliphatic hydroxyl groups excluding tert-OH is 1. The molecule has 0 rings (SSSR count). The number of carbonyl (C=O) groups excluding carboxylic acids is 1. The van der Waals surface area contributed by atoms with E-state index in [0.29, 0.717) is 39.9 Å². The zero-order chi connectivity index (χ0) is 33.3. The molecule has 0 aromatic carbocycles. The number of carbonyl (C=O) groups is 1. The topological polar surface area (TPSA) is 68.2 Å². The molecule has 0 aliphatic carbocycles. The second-order valence-electron chi connectivity index (χ2n) is 15.1. The highest BCUT2D eigenvalue weighted by atomic mass is 28.4. The summed E-state index contributed by atoms with van der Waals surface area (Å²) in [5.41, 5.74) is 2.67. The van der Waals surface area contributed by atoms with Gasteiger partial charge in [-0.25, -0.2) is 4.79 Å². The molecule has 0 spiro atoms. The molecule has 6 nitrogen and oxygen atoms in total. The van der Waals surface area contributed by atoms with Gasteiger partial charge >= 0.3 is 6.09 Å². The van der Waals surface area contributed by atoms with E-state index >= 15 is 0 Å². The van der Waals surface area contributed by atoms with Crippen LogP contribution in [0.15, 0.2) is 12.3 Å². The molecule has 0 unspecified atom stereocenters. The molecule has 0 fully saturated rings. The van der Waals surface area contributed by atoms with Crippen LogP contribution in [-0.2, 0) is 13.6 Å². The highest BCUT2D eigenvalue weighted by molar-refractivity contribution is 6.78. The van der Waals surface area contributed by atoms with Gasteiger partial charge in [-0.15, -0.1) is 0 Å². The Morgan fingerprint density at radius 3 is 1.38 bits per heavy atom. The van der Waals surface area contributed by atoms with Crippen LogP contribution >= 0.6 is 0 Å². The van der Waals surface area contributed by atoms with Gasteiger partial charge in [-0.05, 0) is 67.0 Å². The van der Waals surface area contributed by atoms with Gasteiger partial charge in [-0.2, -0.15) is 0 Å². The minimum Gasteiger partial charge on any atom is -0.418 e. The summed E-state index contributed by atoms with van der Waals surface area (Å²) < 4.78 is 20.0. The van der Waals surface area contributed by atoms with E-state index in [1.165, 1.54) is 6.26 Å². The van der Waals surface area contributed by atoms with Crippen molar-refractivity contribution < 1.29 is 23.5 Å². The van der Waals surface area contributed by atoms with Crippen LogP contribution in [0.3, 0.4) is 0 Å². The molecule has 0 heterocycles. The molecule has 0 aliphatic rings. The Kier molecular flexibility index (Phi) is 17.4. The minimum absolute atomic E-state index is 0.0392. The molecule has 8 heteroatoms. The fourth-order valence-electron chi connectivity index (χ4n) is 7.80. The Morgan fingerprint density at radius 2 is 1.05 bits per heavy atom. The van der Waals surface area contributed by atoms with E-state index in [0.717, 1.165) is 0 Å². The first-order valence-electron chi connectivity index (χ1n) is 16.8. The highest BCUT2D eigenvalue weighted by Crippen LogP contribution is 2.46. The van der Waals surface area contributed by atoms with E-state index in [9.17, 15) is 9.90 Å². The van der Waals surface area contributed by atoms with E-state index in [-0.39, 0.29) is 36.1 Å². The van der Waals surface area contributed by atoms with Crippen molar-refractivity contribution in [2.75, 3.05) is 6.61 Å². The summed E-state index contributed by atoms with van der Waals surface area (Å²) >= 11 is 0. The summed E-state index contributed by atoms with van der Waals surface area (Å²) in [7, 11) is -4.40. The van der Waals surface area contributed by atoms with Gasteiger partial charge in [0.15, 0.2) is 8.32 Å². The van der Waals surface area contributed by atoms with E-state index in [1.54, 1.807) is 11.0 Å². The van der Waals surface area contributed by atoms with Gasteiger partial charge < -0.3 is 23.6 Å². The summed E-state index contributed by atoms with van der Waals surface area (Å²) in [5.74, 6) is -0.412. The van der Waals surface area contributed by atoms with Crippen LogP contribution in [0.2, 0.25) is 33.2 Å². The second-order valence-corrected chi connectivity index (χ2v) is 26.0. The third-order valence-corrected chi connectivity index (χ3v) is 22.0. The van der Waals surface area contributed by atoms with Crippen molar-refractivity contribution in [1.82, 2.24) is 4.90 Å². The first-order valence-corrected chi connectivity index (χ1v) is 21.1. The number of aliphatic hydroxyl groups is 1. The molecule has 0 saturated heterocycles. The highest BCUT2D eigenvalue weighted by Gasteiger charge is 2.50. The van der Waals surface area contributed by atoms with Crippen molar-refractivity contribution in [3.8, 4) is 0 Å². The van der Waals surface area contributed by atoms with Crippen LogP contribution < -0.4 is 0 Å². The van der Waals surface area contributed by atoms with Crippen LogP contribution in [-0.4, -0.2) is 63.6 Å². The van der Waals surface area contributed by atoms with Crippen LogP contribution in [0, 0.1) is 11.8 Å². The van der Waals surface area contributed by atoms with Gasteiger partial charge in [0.25, 0.3) is 0 Å². The number of ether oxygens (including phenoxy) is 1. The van der Waals surface area contributed by atoms with Crippen molar-refractivity contribution >= 4 is 22.7 Å². The van der Waals surface area contributed by atoms with E-state index in [1.807, 2.05) is 34.6 Å². The Labute approximate surface area is 263 Å². The molecular weight excluding hydrogens is 559 g/mol. The maximum absolute atomic E-state index is 12.7. The Bertz CT molecular complexity index is 758. The van der Waals surface area contributed by atoms with Crippen molar-refractivity contribution in [1.29, 1.82) is 0 Å². The number of nitrogens with zero attached hydrogens (tertiary/aromatic N) is 1. The summed E-state index contributed by atoms with van der Waals surface area (Å²) in [5, 5.41) is 11.7. The predicted molar refractivity (Wildman–Crippen MR) is 185 cm³/mol. The maximum Gasteiger partial charge on any atom is 0.415 e. The summed E-state index contributed by atoms with van der Waals surface area (Å²) in [4.78, 5) is 14.4. The normalized spacial score (nSPS) is 16.6. The van der Waals surface area contributed by atoms with Gasteiger partial charge in [-0.3, -0.25) is 0 Å². The van der Waals surface area contributed by atoms with Crippen LogP contribution in [0.1, 0.15) is 125 Å². The average Bonchev–Trinajstić information content (AvgIpc) is 2.83. The second kappa shape index (κ2) is 17.7. The summed E-state index contributed by atoms with van der Waals surface area (Å²) in [6, 6.07) is 0.0784. The third-order valence-electron chi connectivity index (χ3n) is 9.81. The van der Waals surface area contributed by atoms with Crippen molar-refractivity contribution in [3.63, 3.8) is 0 Å². The molecule has 0 aromatic heterocycles. The zero-order valence-electron chi connectivity index (χ0n) is 30.8. The van der Waals surface area contributed by atoms with Gasteiger partial charge in [0.05, 0.1) is 25.1 Å². The van der Waals surface area contributed by atoms with Crippen LogP contribution in [0.4, 0.5) is 4.79 Å². The van der Waals surface area contributed by atoms with E-state index < -0.39 is 22.7 Å². The van der Waals surface area contributed by atoms with Gasteiger partial charge in [0.2, 0.25) is 8.32 Å². The standard InChI is InChI=1S/C34H71NO5Si2/c1-22(2)35(23(3)4)34(37)38-20-19-30(17)33(36)31(18)32(40-42(27(11)12,28(13)14)29(15)16)21-39-41(24(5)6,25(7)8)26(9)10/h19-20,22-33,36H,21H2,1-18H3/b20-19-/t30-,31+,32-,33-/m1/s1. The molecule has 42 heavy (non-hydrogen) atoms. The Balaban J connectivity index is 6.35. The Morgan fingerprint density at radius 1 is 0.667 bits per heavy atom. The van der Waals surface area contributed by atoms with Gasteiger partial charge in [-0.1, -0.05) is 96.9 Å². The molecular formula is C34H71NO5Si2. The maximum atomic E-state index is 12.7. The fraction of sp³-hybridized carbons (Fsp3) is 0.912. The van der Waals surface area contributed by atoms with Crippen molar-refractivity contribution in [2.24, 2.45) is 11.8 Å². The lowest BCUT2D eigenvalue weighted by molar-refractivity contribution is -0.0146. The molecule has 0 saturated carbocycles. The van der Waals surface area contributed by atoms with Gasteiger partial charge in [0, 0.05) is 23.9 Å². The number of amides is 1. The van der Waals surface area contributed by atoms with Crippen LogP contribution in [0.25, 0.3) is 0 Å². The predicted octanol–water partition coefficient (Wildman–Crippen LogP) is 10.1. The third kappa shape index (κ3) is 9.91. The van der Waals surface area contributed by atoms with Gasteiger partial charge in [0.1, 0.15) is 0 Å². The van der Waals surface area contributed by atoms with E-state index in [4.69, 9.17) is 13.6 Å². The molecule has 4 atom stereocenters. The Hall–Kier alpha value is -0.676. The quantitative estimate of drug-likeness (QED) is 0.121. The monoisotopic (exact) mass is 629 g/mol. The lowest BCUT2D eigenvalue weighted by Crippen LogP contribution is -2.55. The lowest BCUT2D eigenvalue weighted by atomic mass is 9.89. The molecule has 1 N–H and O–H groups in total. The van der Waals surface area contributed by atoms with Crippen molar-refractivity contribution in [3.05, 3.63) is 12.3 Å². The van der Waals surface area contributed by atoms with Crippen molar-refractivity contribution in [2.45, 2.75) is 182 Å². The van der Waals surface area contributed by atoms with E-state index in [2.05, 4.69) is 90.0 Å². The molecule has 0 radical (unpaired) electrons. The number of rotatable bonds is 18. The lowest BCUT2D eigenvalue weighted by Gasteiger charge is -2.48. The SMILES string of the molecule is CC(C)N(C(=O)O/C=C\[C@@H](C)[C@@H](O)[C@@H](C)[C@@H](CO[Si](C(C)C)(C(C)C)C(C)C)O[Si](C(C)C)(C(C)C)C(C)C)C(C)C. The average molecular weight is 630 g/mol. The number of hydrogen-bond acceptors (Lipinski definition) is 5.